The first-order chi connectivity index (χ1) is 12.1. The smallest absolute Gasteiger partial charge is 0.319 e. The summed E-state index contributed by atoms with van der Waals surface area (Å²) in [6, 6.07) is 17.0. The normalized spacial score (nSPS) is 12.9. The fourth-order valence-corrected chi connectivity index (χ4v) is 2.75. The zero-order chi connectivity index (χ0) is 18.1. The second-order valence-corrected chi connectivity index (χ2v) is 5.65. The summed E-state index contributed by atoms with van der Waals surface area (Å²) in [5.41, 5.74) is 1.12. The van der Waals surface area contributed by atoms with Crippen LogP contribution in [0.2, 0.25) is 0 Å². The van der Waals surface area contributed by atoms with Crippen molar-refractivity contribution in [3.05, 3.63) is 60.2 Å². The summed E-state index contributed by atoms with van der Waals surface area (Å²) in [7, 11) is 1.67. The predicted molar refractivity (Wildman–Crippen MR) is 100 cm³/mol. The lowest BCUT2D eigenvalue weighted by Gasteiger charge is -2.32. The van der Waals surface area contributed by atoms with Crippen molar-refractivity contribution in [2.24, 2.45) is 0 Å². The van der Waals surface area contributed by atoms with Gasteiger partial charge in [-0.15, -0.1) is 0 Å². The summed E-state index contributed by atoms with van der Waals surface area (Å²) in [5, 5.41) is 5.75. The van der Waals surface area contributed by atoms with Crippen LogP contribution in [0.25, 0.3) is 0 Å². The van der Waals surface area contributed by atoms with Crippen LogP contribution in [0.4, 0.5) is 10.5 Å². The Balaban J connectivity index is 2.05. The van der Waals surface area contributed by atoms with Crippen LogP contribution in [-0.4, -0.2) is 26.3 Å². The summed E-state index contributed by atoms with van der Waals surface area (Å²) in [5.74, 6) is 0.650. The molecular weight excluding hydrogens is 316 g/mol. The lowest BCUT2D eigenvalue weighted by atomic mass is 9.91. The molecule has 2 aromatic rings. The van der Waals surface area contributed by atoms with Gasteiger partial charge in [0.1, 0.15) is 11.4 Å². The van der Waals surface area contributed by atoms with Crippen LogP contribution in [0.3, 0.4) is 0 Å². The van der Waals surface area contributed by atoms with Gasteiger partial charge >= 0.3 is 6.03 Å². The van der Waals surface area contributed by atoms with Gasteiger partial charge in [-0.25, -0.2) is 4.79 Å². The van der Waals surface area contributed by atoms with Gasteiger partial charge in [0.05, 0.1) is 18.8 Å². The second-order valence-electron chi connectivity index (χ2n) is 5.65. The number of carbonyl (C=O) groups is 1. The van der Waals surface area contributed by atoms with Crippen molar-refractivity contribution in [3.8, 4) is 5.75 Å². The Bertz CT molecular complexity index is 670. The van der Waals surface area contributed by atoms with E-state index < -0.39 is 5.60 Å². The first-order valence-corrected chi connectivity index (χ1v) is 8.52. The van der Waals surface area contributed by atoms with E-state index in [0.29, 0.717) is 24.6 Å². The maximum Gasteiger partial charge on any atom is 0.319 e. The first-order valence-electron chi connectivity index (χ1n) is 8.52. The molecule has 1 atom stereocenters. The predicted octanol–water partition coefficient (Wildman–Crippen LogP) is 4.16. The van der Waals surface area contributed by atoms with Gasteiger partial charge in [0, 0.05) is 7.11 Å². The van der Waals surface area contributed by atoms with E-state index in [-0.39, 0.29) is 6.03 Å². The number of carbonyl (C=O) groups excluding carboxylic acids is 1. The van der Waals surface area contributed by atoms with Gasteiger partial charge in [0.25, 0.3) is 0 Å². The molecule has 0 bridgehead atoms. The minimum absolute atomic E-state index is 0.294. The maximum atomic E-state index is 12.3. The van der Waals surface area contributed by atoms with Crippen molar-refractivity contribution in [1.82, 2.24) is 5.32 Å². The summed E-state index contributed by atoms with van der Waals surface area (Å²) in [6.07, 6.45) is 0.739. The molecule has 0 aromatic heterocycles. The molecule has 0 aliphatic carbocycles. The number of hydrogen-bond donors (Lipinski definition) is 2. The van der Waals surface area contributed by atoms with Crippen LogP contribution < -0.4 is 15.4 Å². The molecule has 5 heteroatoms. The number of benzene rings is 2. The van der Waals surface area contributed by atoms with E-state index >= 15 is 0 Å². The number of rotatable bonds is 8. The molecule has 2 aromatic carbocycles. The van der Waals surface area contributed by atoms with E-state index in [2.05, 4.69) is 10.6 Å². The molecule has 1 unspecified atom stereocenters. The van der Waals surface area contributed by atoms with E-state index in [1.807, 2.05) is 68.4 Å². The topological polar surface area (TPSA) is 59.6 Å². The SMILES string of the molecule is CCOc1ccccc1NC(=O)NCC(CC)(OC)c1ccccc1. The second kappa shape index (κ2) is 9.08. The third-order valence-electron chi connectivity index (χ3n) is 4.23. The molecule has 2 amide bonds. The van der Waals surface area contributed by atoms with Gasteiger partial charge in [-0.3, -0.25) is 0 Å². The van der Waals surface area contributed by atoms with Crippen LogP contribution in [-0.2, 0) is 10.3 Å². The van der Waals surface area contributed by atoms with Gasteiger partial charge in [0.2, 0.25) is 0 Å². The standard InChI is InChI=1S/C20H26N2O3/c1-4-20(24-3,16-11-7-6-8-12-16)15-21-19(23)22-17-13-9-10-14-18(17)25-5-2/h6-14H,4-5,15H2,1-3H3,(H2,21,22,23). The highest BCUT2D eigenvalue weighted by molar-refractivity contribution is 5.90. The maximum absolute atomic E-state index is 12.3. The lowest BCUT2D eigenvalue weighted by molar-refractivity contribution is -0.0149. The summed E-state index contributed by atoms with van der Waals surface area (Å²) in [6.45, 7) is 4.86. The Morgan fingerprint density at radius 1 is 1.04 bits per heavy atom. The van der Waals surface area contributed by atoms with Crippen LogP contribution in [0.15, 0.2) is 54.6 Å². The van der Waals surface area contributed by atoms with Crippen LogP contribution in [0, 0.1) is 0 Å². The lowest BCUT2D eigenvalue weighted by Crippen LogP contribution is -2.43. The quantitative estimate of drug-likeness (QED) is 0.757. The average Bonchev–Trinajstić information content (AvgIpc) is 2.66. The number of nitrogens with one attached hydrogen (secondary N) is 2. The number of amides is 2. The average molecular weight is 342 g/mol. The number of anilines is 1. The number of ether oxygens (including phenoxy) is 2. The van der Waals surface area contributed by atoms with E-state index in [1.165, 1.54) is 0 Å². The molecule has 2 rings (SSSR count). The molecule has 0 saturated carbocycles. The Morgan fingerprint density at radius 2 is 1.72 bits per heavy atom. The van der Waals surface area contributed by atoms with Crippen molar-refractivity contribution < 1.29 is 14.3 Å². The molecule has 5 nitrogen and oxygen atoms in total. The van der Waals surface area contributed by atoms with Crippen molar-refractivity contribution >= 4 is 11.7 Å². The molecule has 0 radical (unpaired) electrons. The van der Waals surface area contributed by atoms with E-state index in [9.17, 15) is 4.79 Å². The van der Waals surface area contributed by atoms with E-state index in [4.69, 9.17) is 9.47 Å². The fourth-order valence-electron chi connectivity index (χ4n) is 2.75. The monoisotopic (exact) mass is 342 g/mol. The third-order valence-corrected chi connectivity index (χ3v) is 4.23. The van der Waals surface area contributed by atoms with Gasteiger partial charge in [-0.2, -0.15) is 0 Å². The summed E-state index contributed by atoms with van der Waals surface area (Å²) >= 11 is 0. The molecule has 2 N–H and O–H groups in total. The molecule has 0 spiro atoms. The Kier molecular flexibility index (Phi) is 6.83. The zero-order valence-electron chi connectivity index (χ0n) is 15.0. The van der Waals surface area contributed by atoms with Crippen molar-refractivity contribution in [3.63, 3.8) is 0 Å². The van der Waals surface area contributed by atoms with E-state index in [0.717, 1.165) is 12.0 Å². The Labute approximate surface area is 149 Å². The largest absolute Gasteiger partial charge is 0.492 e. The van der Waals surface area contributed by atoms with Crippen molar-refractivity contribution in [2.75, 3.05) is 25.6 Å². The molecule has 0 saturated heterocycles. The van der Waals surface area contributed by atoms with Gasteiger partial charge in [-0.05, 0) is 31.0 Å². The number of methoxy groups -OCH3 is 1. The first kappa shape index (κ1) is 18.8. The molecule has 134 valence electrons. The number of para-hydroxylation sites is 2. The number of hydrogen-bond acceptors (Lipinski definition) is 3. The highest BCUT2D eigenvalue weighted by Crippen LogP contribution is 2.28. The van der Waals surface area contributed by atoms with Gasteiger partial charge < -0.3 is 20.1 Å². The molecule has 0 aliphatic heterocycles. The molecular formula is C20H26N2O3. The van der Waals surface area contributed by atoms with Crippen LogP contribution >= 0.6 is 0 Å². The highest BCUT2D eigenvalue weighted by atomic mass is 16.5. The van der Waals surface area contributed by atoms with Crippen LogP contribution in [0.1, 0.15) is 25.8 Å². The molecule has 25 heavy (non-hydrogen) atoms. The minimum atomic E-state index is -0.558. The van der Waals surface area contributed by atoms with Crippen molar-refractivity contribution in [2.45, 2.75) is 25.9 Å². The zero-order valence-corrected chi connectivity index (χ0v) is 15.0. The molecule has 0 heterocycles. The Hall–Kier alpha value is -2.53. The minimum Gasteiger partial charge on any atom is -0.492 e. The van der Waals surface area contributed by atoms with Crippen LogP contribution in [0.5, 0.6) is 5.75 Å². The molecule has 0 fully saturated rings. The molecule has 0 aliphatic rings. The third kappa shape index (κ3) is 4.73. The summed E-state index contributed by atoms with van der Waals surface area (Å²) in [4.78, 5) is 12.3. The van der Waals surface area contributed by atoms with E-state index in [1.54, 1.807) is 7.11 Å². The van der Waals surface area contributed by atoms with Gasteiger partial charge in [0.15, 0.2) is 0 Å². The highest BCUT2D eigenvalue weighted by Gasteiger charge is 2.30. The fraction of sp³-hybridized carbons (Fsp3) is 0.350. The number of urea groups is 1. The van der Waals surface area contributed by atoms with Crippen molar-refractivity contribution in [1.29, 1.82) is 0 Å². The van der Waals surface area contributed by atoms with Gasteiger partial charge in [-0.1, -0.05) is 49.4 Å². The summed E-state index contributed by atoms with van der Waals surface area (Å²) < 4.78 is 11.3. The Morgan fingerprint density at radius 3 is 2.36 bits per heavy atom.